The SMILES string of the molecule is COCCCN1C(=O)c2[nH]nc(-c3ccc(O)cc3)c2C1c1ccc(Cl)cc1. The number of aromatic nitrogens is 2. The number of H-pyrrole nitrogens is 1. The number of nitrogens with one attached hydrogen (secondary N) is 1. The molecular weight excluding hydrogens is 378 g/mol. The van der Waals surface area contributed by atoms with Crippen molar-refractivity contribution in [2.24, 2.45) is 0 Å². The maximum absolute atomic E-state index is 13.1. The number of ether oxygens (including phenoxy) is 1. The van der Waals surface area contributed by atoms with Crippen molar-refractivity contribution in [3.63, 3.8) is 0 Å². The van der Waals surface area contributed by atoms with Crippen LogP contribution in [0.15, 0.2) is 48.5 Å². The van der Waals surface area contributed by atoms with Crippen LogP contribution >= 0.6 is 11.6 Å². The van der Waals surface area contributed by atoms with Crippen LogP contribution < -0.4 is 0 Å². The topological polar surface area (TPSA) is 78.5 Å². The van der Waals surface area contributed by atoms with Gasteiger partial charge in [-0.25, -0.2) is 0 Å². The molecule has 0 saturated heterocycles. The number of hydrogen-bond donors (Lipinski definition) is 2. The minimum absolute atomic E-state index is 0.0800. The lowest BCUT2D eigenvalue weighted by molar-refractivity contribution is 0.0723. The molecule has 2 heterocycles. The average Bonchev–Trinajstić information content (AvgIpc) is 3.23. The highest BCUT2D eigenvalue weighted by Crippen LogP contribution is 2.43. The Morgan fingerprint density at radius 2 is 1.89 bits per heavy atom. The fourth-order valence-corrected chi connectivity index (χ4v) is 3.76. The summed E-state index contributed by atoms with van der Waals surface area (Å²) in [5.74, 6) is 0.103. The largest absolute Gasteiger partial charge is 0.508 e. The number of phenolic OH excluding ortho intramolecular Hbond substituents is 1. The van der Waals surface area contributed by atoms with Crippen molar-refractivity contribution >= 4 is 17.5 Å². The van der Waals surface area contributed by atoms with Crippen LogP contribution in [0.1, 0.15) is 34.1 Å². The second-order valence-electron chi connectivity index (χ2n) is 6.71. The summed E-state index contributed by atoms with van der Waals surface area (Å²) in [6.45, 7) is 1.14. The molecule has 0 radical (unpaired) electrons. The number of halogens is 1. The van der Waals surface area contributed by atoms with E-state index < -0.39 is 0 Å². The van der Waals surface area contributed by atoms with E-state index in [0.717, 1.165) is 23.1 Å². The van der Waals surface area contributed by atoms with Crippen molar-refractivity contribution in [2.45, 2.75) is 12.5 Å². The molecule has 144 valence electrons. The zero-order valence-electron chi connectivity index (χ0n) is 15.4. The van der Waals surface area contributed by atoms with E-state index in [0.29, 0.717) is 29.6 Å². The molecule has 1 aliphatic rings. The average molecular weight is 398 g/mol. The first-order chi connectivity index (χ1) is 13.6. The van der Waals surface area contributed by atoms with E-state index in [-0.39, 0.29) is 17.7 Å². The molecule has 28 heavy (non-hydrogen) atoms. The second-order valence-corrected chi connectivity index (χ2v) is 7.14. The van der Waals surface area contributed by atoms with E-state index in [1.807, 2.05) is 29.2 Å². The molecule has 1 amide bonds. The molecule has 0 aliphatic carbocycles. The number of methoxy groups -OCH3 is 1. The maximum atomic E-state index is 13.1. The predicted molar refractivity (Wildman–Crippen MR) is 107 cm³/mol. The predicted octanol–water partition coefficient (Wildman–Crippen LogP) is 4.02. The molecule has 1 aliphatic heterocycles. The Kier molecular flexibility index (Phi) is 5.07. The number of phenols is 1. The molecule has 1 aromatic heterocycles. The van der Waals surface area contributed by atoms with Crippen LogP contribution in [-0.2, 0) is 4.74 Å². The minimum Gasteiger partial charge on any atom is -0.508 e. The number of amides is 1. The number of aromatic hydroxyl groups is 1. The van der Waals surface area contributed by atoms with Crippen LogP contribution in [0, 0.1) is 0 Å². The van der Waals surface area contributed by atoms with Gasteiger partial charge in [-0.3, -0.25) is 9.89 Å². The van der Waals surface area contributed by atoms with Crippen molar-refractivity contribution in [1.29, 1.82) is 0 Å². The summed E-state index contributed by atoms with van der Waals surface area (Å²) in [5.41, 5.74) is 3.85. The van der Waals surface area contributed by atoms with Gasteiger partial charge in [0.15, 0.2) is 0 Å². The fourth-order valence-electron chi connectivity index (χ4n) is 3.64. The van der Waals surface area contributed by atoms with Crippen molar-refractivity contribution < 1.29 is 14.6 Å². The monoisotopic (exact) mass is 397 g/mol. The molecule has 3 aromatic rings. The number of hydrogen-bond acceptors (Lipinski definition) is 4. The van der Waals surface area contributed by atoms with Gasteiger partial charge in [0.25, 0.3) is 5.91 Å². The summed E-state index contributed by atoms with van der Waals surface area (Å²) in [6.07, 6.45) is 0.735. The molecule has 0 spiro atoms. The van der Waals surface area contributed by atoms with E-state index in [1.165, 1.54) is 0 Å². The second kappa shape index (κ2) is 7.66. The summed E-state index contributed by atoms with van der Waals surface area (Å²) >= 11 is 6.07. The normalized spacial score (nSPS) is 15.9. The van der Waals surface area contributed by atoms with Gasteiger partial charge in [-0.05, 0) is 48.4 Å². The summed E-state index contributed by atoms with van der Waals surface area (Å²) in [5, 5.41) is 17.6. The Balaban J connectivity index is 1.80. The third-order valence-electron chi connectivity index (χ3n) is 4.94. The van der Waals surface area contributed by atoms with Gasteiger partial charge in [0.2, 0.25) is 0 Å². The van der Waals surface area contributed by atoms with E-state index in [1.54, 1.807) is 31.4 Å². The molecule has 1 atom stereocenters. The van der Waals surface area contributed by atoms with Gasteiger partial charge in [-0.2, -0.15) is 5.10 Å². The molecule has 2 aromatic carbocycles. The number of benzene rings is 2. The van der Waals surface area contributed by atoms with Gasteiger partial charge in [-0.15, -0.1) is 0 Å². The van der Waals surface area contributed by atoms with Crippen LogP contribution in [0.25, 0.3) is 11.3 Å². The standard InChI is InChI=1S/C21H20ClN3O3/c1-28-12-2-11-25-20(14-3-7-15(22)8-4-14)17-18(23-24-19(17)21(25)27)13-5-9-16(26)10-6-13/h3-10,20,26H,2,11-12H2,1H3,(H,23,24). The molecule has 0 fully saturated rings. The minimum atomic E-state index is -0.265. The van der Waals surface area contributed by atoms with Gasteiger partial charge in [0.1, 0.15) is 11.4 Å². The van der Waals surface area contributed by atoms with Crippen molar-refractivity contribution in [2.75, 3.05) is 20.3 Å². The number of carbonyl (C=O) groups excluding carboxylic acids is 1. The molecular formula is C21H20ClN3O3. The van der Waals surface area contributed by atoms with Crippen LogP contribution in [0.4, 0.5) is 0 Å². The maximum Gasteiger partial charge on any atom is 0.273 e. The number of rotatable bonds is 6. The molecule has 1 unspecified atom stereocenters. The molecule has 2 N–H and O–H groups in total. The Labute approximate surface area is 167 Å². The highest BCUT2D eigenvalue weighted by Gasteiger charge is 2.41. The Morgan fingerprint density at radius 1 is 1.18 bits per heavy atom. The quantitative estimate of drug-likeness (QED) is 0.616. The van der Waals surface area contributed by atoms with E-state index >= 15 is 0 Å². The number of nitrogens with zero attached hydrogens (tertiary/aromatic N) is 2. The zero-order chi connectivity index (χ0) is 19.7. The number of fused-ring (bicyclic) bond motifs is 1. The smallest absolute Gasteiger partial charge is 0.273 e. The first-order valence-corrected chi connectivity index (χ1v) is 9.41. The Hall–Kier alpha value is -2.83. The van der Waals surface area contributed by atoms with Crippen LogP contribution in [-0.4, -0.2) is 46.4 Å². The van der Waals surface area contributed by atoms with Gasteiger partial charge >= 0.3 is 0 Å². The Morgan fingerprint density at radius 3 is 2.57 bits per heavy atom. The van der Waals surface area contributed by atoms with Crippen molar-refractivity contribution in [3.05, 3.63) is 70.4 Å². The highest BCUT2D eigenvalue weighted by atomic mass is 35.5. The van der Waals surface area contributed by atoms with E-state index in [9.17, 15) is 9.90 Å². The van der Waals surface area contributed by atoms with Gasteiger partial charge in [0, 0.05) is 36.4 Å². The van der Waals surface area contributed by atoms with Crippen molar-refractivity contribution in [1.82, 2.24) is 15.1 Å². The van der Waals surface area contributed by atoms with E-state index in [2.05, 4.69) is 10.2 Å². The summed E-state index contributed by atoms with van der Waals surface area (Å²) in [4.78, 5) is 14.9. The highest BCUT2D eigenvalue weighted by molar-refractivity contribution is 6.30. The molecule has 0 saturated carbocycles. The zero-order valence-corrected chi connectivity index (χ0v) is 16.1. The third-order valence-corrected chi connectivity index (χ3v) is 5.19. The van der Waals surface area contributed by atoms with Gasteiger partial charge < -0.3 is 14.7 Å². The third kappa shape index (κ3) is 3.25. The summed E-state index contributed by atoms with van der Waals surface area (Å²) < 4.78 is 5.16. The first-order valence-electron chi connectivity index (χ1n) is 9.03. The number of aromatic amines is 1. The molecule has 7 heteroatoms. The van der Waals surface area contributed by atoms with Gasteiger partial charge in [0.05, 0.1) is 11.7 Å². The number of carbonyl (C=O) groups is 1. The molecule has 4 rings (SSSR count). The lowest BCUT2D eigenvalue weighted by Crippen LogP contribution is -2.31. The molecule has 0 bridgehead atoms. The summed E-state index contributed by atoms with van der Waals surface area (Å²) in [7, 11) is 1.65. The Bertz CT molecular complexity index is 983. The van der Waals surface area contributed by atoms with Crippen LogP contribution in [0.3, 0.4) is 0 Å². The summed E-state index contributed by atoms with van der Waals surface area (Å²) in [6, 6.07) is 14.1. The van der Waals surface area contributed by atoms with Gasteiger partial charge in [-0.1, -0.05) is 23.7 Å². The fraction of sp³-hybridized carbons (Fsp3) is 0.238. The van der Waals surface area contributed by atoms with Crippen LogP contribution in [0.2, 0.25) is 5.02 Å². The first kappa shape index (κ1) is 18.5. The lowest BCUT2D eigenvalue weighted by Gasteiger charge is -2.26. The lowest BCUT2D eigenvalue weighted by atomic mass is 9.96. The van der Waals surface area contributed by atoms with Crippen molar-refractivity contribution in [3.8, 4) is 17.0 Å². The van der Waals surface area contributed by atoms with E-state index in [4.69, 9.17) is 16.3 Å². The molecule has 6 nitrogen and oxygen atoms in total. The van der Waals surface area contributed by atoms with Crippen LogP contribution in [0.5, 0.6) is 5.75 Å².